The van der Waals surface area contributed by atoms with Gasteiger partial charge in [0.05, 0.1) is 18.6 Å². The van der Waals surface area contributed by atoms with Crippen LogP contribution in [0.4, 0.5) is 0 Å². The monoisotopic (exact) mass is 524 g/mol. The molecule has 6 fully saturated rings. The molecule has 6 aliphatic rings. The molecule has 0 amide bonds. The maximum atomic E-state index is 13.6. The number of hydrogen-bond donors (Lipinski definition) is 6. The van der Waals surface area contributed by atoms with Crippen LogP contribution in [-0.4, -0.2) is 103 Å². The maximum absolute atomic E-state index is 13.6. The van der Waals surface area contributed by atoms with Crippen LogP contribution >= 0.6 is 0 Å². The number of allylic oxidation sites excluding steroid dienone is 1. The molecule has 4 aliphatic carbocycles. The number of rotatable bonds is 4. The van der Waals surface area contributed by atoms with Gasteiger partial charge in [-0.3, -0.25) is 14.4 Å². The number of esters is 1. The van der Waals surface area contributed by atoms with E-state index in [9.17, 15) is 45.0 Å². The molecule has 2 heterocycles. The van der Waals surface area contributed by atoms with Gasteiger partial charge in [-0.05, 0) is 25.2 Å². The van der Waals surface area contributed by atoms with E-state index in [4.69, 9.17) is 14.2 Å². The molecule has 2 saturated heterocycles. The van der Waals surface area contributed by atoms with Crippen molar-refractivity contribution in [3.8, 4) is 0 Å². The number of ether oxygens (including phenoxy) is 3. The topological polar surface area (TPSA) is 200 Å². The minimum atomic E-state index is -1.78. The third-order valence-corrected chi connectivity index (χ3v) is 10.4. The largest absolute Gasteiger partial charge is 0.481 e. The van der Waals surface area contributed by atoms with Crippen molar-refractivity contribution in [2.75, 3.05) is 6.61 Å². The van der Waals surface area contributed by atoms with Gasteiger partial charge in [0.1, 0.15) is 47.3 Å². The van der Waals surface area contributed by atoms with E-state index < -0.39 is 102 Å². The normalized spacial score (nSPS) is 56.2. The number of aliphatic hydroxyl groups is 5. The number of aliphatic hydroxyl groups excluding tert-OH is 5. The first-order valence-electron chi connectivity index (χ1n) is 12.6. The number of carbonyl (C=O) groups is 3. The van der Waals surface area contributed by atoms with Crippen LogP contribution in [0.1, 0.15) is 32.6 Å². The van der Waals surface area contributed by atoms with E-state index in [1.807, 2.05) is 0 Å². The molecule has 6 rings (SSSR count). The SMILES string of the molecule is C=C1CC23CC1C(=O)CC2C12CC(O)C(OC4OC(CO)C(O)C(O)C4O)C(C)(C(=O)O1)C2C3C(=O)O. The Bertz CT molecular complexity index is 1070. The lowest BCUT2D eigenvalue weighted by Gasteiger charge is -2.49. The molecule has 1 spiro atoms. The first-order chi connectivity index (χ1) is 17.3. The lowest BCUT2D eigenvalue weighted by Crippen LogP contribution is -2.64. The van der Waals surface area contributed by atoms with Gasteiger partial charge in [-0.25, -0.2) is 0 Å². The van der Waals surface area contributed by atoms with E-state index >= 15 is 0 Å². The van der Waals surface area contributed by atoms with E-state index in [-0.39, 0.29) is 18.6 Å². The average molecular weight is 525 g/mol. The summed E-state index contributed by atoms with van der Waals surface area (Å²) in [7, 11) is 0. The predicted octanol–water partition coefficient (Wildman–Crippen LogP) is -1.89. The molecular weight excluding hydrogens is 492 g/mol. The molecular formula is C25H32O12. The van der Waals surface area contributed by atoms with Gasteiger partial charge in [0.15, 0.2) is 6.29 Å². The lowest BCUT2D eigenvalue weighted by molar-refractivity contribution is -0.330. The number of carboxylic acids is 1. The van der Waals surface area contributed by atoms with Crippen molar-refractivity contribution in [1.29, 1.82) is 0 Å². The van der Waals surface area contributed by atoms with Crippen molar-refractivity contribution < 1.29 is 59.2 Å². The highest BCUT2D eigenvalue weighted by molar-refractivity contribution is 5.90. The zero-order valence-electron chi connectivity index (χ0n) is 20.2. The molecule has 14 atom stereocenters. The summed E-state index contributed by atoms with van der Waals surface area (Å²) in [6.07, 6.45) is -10.4. The smallest absolute Gasteiger partial charge is 0.315 e. The Hall–Kier alpha value is -1.93. The van der Waals surface area contributed by atoms with E-state index in [0.717, 1.165) is 0 Å². The molecule has 14 unspecified atom stereocenters. The molecule has 12 heteroatoms. The van der Waals surface area contributed by atoms with E-state index in [0.29, 0.717) is 18.4 Å². The predicted molar refractivity (Wildman–Crippen MR) is 118 cm³/mol. The third-order valence-electron chi connectivity index (χ3n) is 10.4. The summed E-state index contributed by atoms with van der Waals surface area (Å²) >= 11 is 0. The Morgan fingerprint density at radius 3 is 2.49 bits per heavy atom. The molecule has 4 saturated carbocycles. The van der Waals surface area contributed by atoms with Crippen LogP contribution in [0.2, 0.25) is 0 Å². The highest BCUT2D eigenvalue weighted by Crippen LogP contribution is 2.77. The fourth-order valence-electron chi connectivity index (χ4n) is 9.02. The summed E-state index contributed by atoms with van der Waals surface area (Å²) in [5.41, 5.74) is -3.29. The molecule has 4 bridgehead atoms. The molecule has 2 aliphatic heterocycles. The Labute approximate surface area is 211 Å². The van der Waals surface area contributed by atoms with E-state index in [2.05, 4.69) is 6.58 Å². The molecule has 0 aromatic rings. The summed E-state index contributed by atoms with van der Waals surface area (Å²) in [6, 6.07) is 0. The number of carboxylic acid groups (broad SMARTS) is 1. The zero-order valence-corrected chi connectivity index (χ0v) is 20.2. The standard InChI is InChI=1S/C25H32O12/c1-8-4-24-5-9(8)10(27)3-13(24)25-6-11(28)19(23(2,22(34)37-25)18(25)14(24)20(32)33)36-21-17(31)16(30)15(29)12(7-26)35-21/h9,11-19,21,26,28-31H,1,3-7H2,2H3,(H,32,33). The van der Waals surface area contributed by atoms with Gasteiger partial charge in [-0.15, -0.1) is 0 Å². The molecule has 204 valence electrons. The van der Waals surface area contributed by atoms with Crippen LogP contribution < -0.4 is 0 Å². The van der Waals surface area contributed by atoms with Gasteiger partial charge in [-0.1, -0.05) is 12.2 Å². The van der Waals surface area contributed by atoms with Crippen LogP contribution in [0.3, 0.4) is 0 Å². The number of carbonyl (C=O) groups excluding carboxylic acids is 2. The molecule has 37 heavy (non-hydrogen) atoms. The second kappa shape index (κ2) is 7.81. The lowest BCUT2D eigenvalue weighted by atomic mass is 9.58. The van der Waals surface area contributed by atoms with E-state index in [1.165, 1.54) is 6.92 Å². The van der Waals surface area contributed by atoms with E-state index in [1.54, 1.807) is 0 Å². The highest BCUT2D eigenvalue weighted by Gasteiger charge is 2.85. The Morgan fingerprint density at radius 2 is 1.84 bits per heavy atom. The van der Waals surface area contributed by atoms with Gasteiger partial charge in [0.25, 0.3) is 0 Å². The quantitative estimate of drug-likeness (QED) is 0.177. The minimum absolute atomic E-state index is 0.0261. The first kappa shape index (κ1) is 25.4. The average Bonchev–Trinajstić information content (AvgIpc) is 3.32. The summed E-state index contributed by atoms with van der Waals surface area (Å²) in [5, 5.41) is 62.2. The first-order valence-corrected chi connectivity index (χ1v) is 12.6. The fraction of sp³-hybridized carbons (Fsp3) is 0.800. The Morgan fingerprint density at radius 1 is 1.14 bits per heavy atom. The Kier molecular flexibility index (Phi) is 5.35. The summed E-state index contributed by atoms with van der Waals surface area (Å²) in [4.78, 5) is 39.5. The minimum Gasteiger partial charge on any atom is -0.481 e. The number of ketones is 1. The maximum Gasteiger partial charge on any atom is 0.315 e. The van der Waals surface area contributed by atoms with Crippen molar-refractivity contribution in [2.45, 2.75) is 81.1 Å². The van der Waals surface area contributed by atoms with Crippen molar-refractivity contribution in [3.05, 3.63) is 12.2 Å². The highest BCUT2D eigenvalue weighted by atomic mass is 16.7. The number of fused-ring (bicyclic) bond motifs is 1. The van der Waals surface area contributed by atoms with Gasteiger partial charge in [-0.2, -0.15) is 0 Å². The molecule has 0 radical (unpaired) electrons. The van der Waals surface area contributed by atoms with Crippen molar-refractivity contribution in [2.24, 2.45) is 34.5 Å². The second-order valence-corrected chi connectivity index (χ2v) is 12.0. The van der Waals surface area contributed by atoms with Crippen LogP contribution in [0.15, 0.2) is 12.2 Å². The van der Waals surface area contributed by atoms with Crippen molar-refractivity contribution in [3.63, 3.8) is 0 Å². The molecule has 12 nitrogen and oxygen atoms in total. The zero-order chi connectivity index (χ0) is 26.8. The van der Waals surface area contributed by atoms with Crippen molar-refractivity contribution >= 4 is 17.7 Å². The van der Waals surface area contributed by atoms with Crippen LogP contribution in [0.5, 0.6) is 0 Å². The van der Waals surface area contributed by atoms with Gasteiger partial charge < -0.3 is 44.8 Å². The second-order valence-electron chi connectivity index (χ2n) is 12.0. The molecule has 0 aromatic heterocycles. The number of Topliss-reactive ketones (excluding diaryl/α,β-unsaturated/α-hetero) is 1. The molecule has 6 N–H and O–H groups in total. The van der Waals surface area contributed by atoms with Crippen molar-refractivity contribution in [1.82, 2.24) is 0 Å². The number of aliphatic carboxylic acids is 1. The van der Waals surface area contributed by atoms with Gasteiger partial charge in [0.2, 0.25) is 0 Å². The van der Waals surface area contributed by atoms with Crippen LogP contribution in [-0.2, 0) is 28.6 Å². The third kappa shape index (κ3) is 2.89. The van der Waals surface area contributed by atoms with Crippen LogP contribution in [0, 0.1) is 34.5 Å². The fourth-order valence-corrected chi connectivity index (χ4v) is 9.02. The van der Waals surface area contributed by atoms with Crippen LogP contribution in [0.25, 0.3) is 0 Å². The van der Waals surface area contributed by atoms with Gasteiger partial charge in [0, 0.05) is 30.6 Å². The summed E-state index contributed by atoms with van der Waals surface area (Å²) < 4.78 is 17.4. The summed E-state index contributed by atoms with van der Waals surface area (Å²) in [5.74, 6) is -5.07. The summed E-state index contributed by atoms with van der Waals surface area (Å²) in [6.45, 7) is 4.81. The molecule has 0 aromatic carbocycles. The number of hydrogen-bond acceptors (Lipinski definition) is 11. The Balaban J connectivity index is 1.42. The van der Waals surface area contributed by atoms with Gasteiger partial charge >= 0.3 is 11.9 Å².